The Labute approximate surface area is 110 Å². The van der Waals surface area contributed by atoms with Crippen LogP contribution >= 0.6 is 15.9 Å². The van der Waals surface area contributed by atoms with Crippen LogP contribution in [0.25, 0.3) is 11.1 Å². The summed E-state index contributed by atoms with van der Waals surface area (Å²) in [6.07, 6.45) is 0. The minimum Gasteiger partial charge on any atom is -0.293 e. The molecule has 0 radical (unpaired) electrons. The molecule has 0 N–H and O–H groups in total. The summed E-state index contributed by atoms with van der Waals surface area (Å²) in [5.74, 6) is 0.115. The average Bonchev–Trinajstić information content (AvgIpc) is 2.38. The van der Waals surface area contributed by atoms with E-state index in [2.05, 4.69) is 35.0 Å². The van der Waals surface area contributed by atoms with Crippen molar-refractivity contribution in [3.63, 3.8) is 0 Å². The van der Waals surface area contributed by atoms with Crippen molar-refractivity contribution in [1.29, 1.82) is 0 Å². The standard InChI is InChI=1S/C15H13BrO/c1-11-6-2-3-7-12(11)13-8-4-5-9-14(13)15(17)10-16/h2-9H,10H2,1H3. The second-order valence-electron chi connectivity index (χ2n) is 3.92. The van der Waals surface area contributed by atoms with Gasteiger partial charge in [-0.15, -0.1) is 0 Å². The molecule has 0 bridgehead atoms. The molecule has 0 atom stereocenters. The minimum atomic E-state index is 0.115. The molecular formula is C15H13BrO. The van der Waals surface area contributed by atoms with Gasteiger partial charge in [0.15, 0.2) is 5.78 Å². The van der Waals surface area contributed by atoms with Gasteiger partial charge < -0.3 is 0 Å². The van der Waals surface area contributed by atoms with Crippen LogP contribution < -0.4 is 0 Å². The fourth-order valence-electron chi connectivity index (χ4n) is 1.91. The molecule has 0 saturated heterocycles. The highest BCUT2D eigenvalue weighted by Crippen LogP contribution is 2.27. The number of aryl methyl sites for hydroxylation is 1. The first-order valence-electron chi connectivity index (χ1n) is 5.48. The predicted molar refractivity (Wildman–Crippen MR) is 74.7 cm³/mol. The number of alkyl halides is 1. The number of benzene rings is 2. The van der Waals surface area contributed by atoms with Gasteiger partial charge in [0.25, 0.3) is 0 Å². The fourth-order valence-corrected chi connectivity index (χ4v) is 2.21. The predicted octanol–water partition coefficient (Wildman–Crippen LogP) is 4.24. The Hall–Kier alpha value is -1.41. The SMILES string of the molecule is Cc1ccccc1-c1ccccc1C(=O)CBr. The molecule has 0 saturated carbocycles. The quantitative estimate of drug-likeness (QED) is 0.610. The van der Waals surface area contributed by atoms with Crippen LogP contribution in [-0.2, 0) is 0 Å². The fraction of sp³-hybridized carbons (Fsp3) is 0.133. The molecule has 2 heteroatoms. The maximum atomic E-state index is 11.9. The Morgan fingerprint density at radius 2 is 1.59 bits per heavy atom. The lowest BCUT2D eigenvalue weighted by atomic mass is 9.94. The zero-order valence-corrected chi connectivity index (χ0v) is 11.2. The van der Waals surface area contributed by atoms with Crippen molar-refractivity contribution < 1.29 is 4.79 Å². The summed E-state index contributed by atoms with van der Waals surface area (Å²) in [5, 5.41) is 0.357. The van der Waals surface area contributed by atoms with Crippen molar-refractivity contribution in [3.05, 3.63) is 59.7 Å². The number of ketones is 1. The summed E-state index contributed by atoms with van der Waals surface area (Å²) in [6.45, 7) is 2.06. The van der Waals surface area contributed by atoms with Crippen LogP contribution in [0.1, 0.15) is 15.9 Å². The molecule has 17 heavy (non-hydrogen) atoms. The number of halogens is 1. The zero-order valence-electron chi connectivity index (χ0n) is 9.61. The Morgan fingerprint density at radius 3 is 2.24 bits per heavy atom. The van der Waals surface area contributed by atoms with E-state index in [1.807, 2.05) is 36.4 Å². The number of Topliss-reactive ketones (excluding diaryl/α,β-unsaturated/α-hetero) is 1. The van der Waals surface area contributed by atoms with Gasteiger partial charge in [-0.25, -0.2) is 0 Å². The molecule has 2 aromatic carbocycles. The molecule has 0 aliphatic heterocycles. The van der Waals surface area contributed by atoms with Crippen LogP contribution in [0.2, 0.25) is 0 Å². The summed E-state index contributed by atoms with van der Waals surface area (Å²) < 4.78 is 0. The van der Waals surface area contributed by atoms with Gasteiger partial charge in [-0.2, -0.15) is 0 Å². The molecule has 0 aromatic heterocycles. The summed E-state index contributed by atoms with van der Waals surface area (Å²) in [5.41, 5.74) is 4.09. The number of carbonyl (C=O) groups excluding carboxylic acids is 1. The third-order valence-electron chi connectivity index (χ3n) is 2.78. The Morgan fingerprint density at radius 1 is 1.00 bits per heavy atom. The summed E-state index contributed by atoms with van der Waals surface area (Å²) in [7, 11) is 0. The van der Waals surface area contributed by atoms with Crippen LogP contribution in [0.4, 0.5) is 0 Å². The van der Waals surface area contributed by atoms with Crippen molar-refractivity contribution in [1.82, 2.24) is 0 Å². The zero-order chi connectivity index (χ0) is 12.3. The van der Waals surface area contributed by atoms with Gasteiger partial charge in [-0.05, 0) is 23.6 Å². The van der Waals surface area contributed by atoms with Crippen LogP contribution in [0, 0.1) is 6.92 Å². The van der Waals surface area contributed by atoms with Crippen molar-refractivity contribution in [2.24, 2.45) is 0 Å². The first-order valence-corrected chi connectivity index (χ1v) is 6.60. The van der Waals surface area contributed by atoms with Crippen molar-refractivity contribution in [2.45, 2.75) is 6.92 Å². The second kappa shape index (κ2) is 5.28. The van der Waals surface area contributed by atoms with E-state index in [1.54, 1.807) is 0 Å². The molecule has 0 aliphatic carbocycles. The van der Waals surface area contributed by atoms with Gasteiger partial charge in [-0.3, -0.25) is 4.79 Å². The number of rotatable bonds is 3. The first-order chi connectivity index (χ1) is 8.24. The highest BCUT2D eigenvalue weighted by atomic mass is 79.9. The molecule has 2 rings (SSSR count). The Bertz CT molecular complexity index is 546. The van der Waals surface area contributed by atoms with Crippen LogP contribution in [0.15, 0.2) is 48.5 Å². The molecule has 86 valence electrons. The maximum absolute atomic E-state index is 11.9. The third-order valence-corrected chi connectivity index (χ3v) is 3.29. The number of hydrogen-bond acceptors (Lipinski definition) is 1. The van der Waals surface area contributed by atoms with E-state index >= 15 is 0 Å². The van der Waals surface area contributed by atoms with E-state index in [9.17, 15) is 4.79 Å². The molecule has 0 amide bonds. The number of hydrogen-bond donors (Lipinski definition) is 0. The molecule has 0 fully saturated rings. The average molecular weight is 289 g/mol. The lowest BCUT2D eigenvalue weighted by Crippen LogP contribution is -2.02. The number of carbonyl (C=O) groups is 1. The van der Waals surface area contributed by atoms with Gasteiger partial charge in [0.2, 0.25) is 0 Å². The third kappa shape index (κ3) is 2.47. The van der Waals surface area contributed by atoms with Gasteiger partial charge in [-0.1, -0.05) is 64.5 Å². The summed E-state index contributed by atoms with van der Waals surface area (Å²) in [4.78, 5) is 11.9. The van der Waals surface area contributed by atoms with Gasteiger partial charge in [0.1, 0.15) is 0 Å². The highest BCUT2D eigenvalue weighted by Gasteiger charge is 2.11. The van der Waals surface area contributed by atoms with E-state index in [-0.39, 0.29) is 5.78 Å². The van der Waals surface area contributed by atoms with Crippen molar-refractivity contribution >= 4 is 21.7 Å². The first kappa shape index (κ1) is 12.1. The molecule has 0 aliphatic rings. The maximum Gasteiger partial charge on any atom is 0.173 e. The van der Waals surface area contributed by atoms with Crippen molar-refractivity contribution in [2.75, 3.05) is 5.33 Å². The van der Waals surface area contributed by atoms with Gasteiger partial charge >= 0.3 is 0 Å². The Balaban J connectivity index is 2.60. The molecule has 0 heterocycles. The topological polar surface area (TPSA) is 17.1 Å². The van der Waals surface area contributed by atoms with E-state index in [4.69, 9.17) is 0 Å². The van der Waals surface area contributed by atoms with E-state index in [0.717, 1.165) is 16.7 Å². The Kier molecular flexibility index (Phi) is 3.75. The molecule has 0 spiro atoms. The molecule has 1 nitrogen and oxygen atoms in total. The van der Waals surface area contributed by atoms with E-state index in [0.29, 0.717) is 5.33 Å². The minimum absolute atomic E-state index is 0.115. The molecular weight excluding hydrogens is 276 g/mol. The normalized spacial score (nSPS) is 10.2. The van der Waals surface area contributed by atoms with Crippen molar-refractivity contribution in [3.8, 4) is 11.1 Å². The van der Waals surface area contributed by atoms with Crippen LogP contribution in [0.5, 0.6) is 0 Å². The lowest BCUT2D eigenvalue weighted by Gasteiger charge is -2.10. The van der Waals surface area contributed by atoms with Gasteiger partial charge in [0.05, 0.1) is 5.33 Å². The van der Waals surface area contributed by atoms with Gasteiger partial charge in [0, 0.05) is 5.56 Å². The van der Waals surface area contributed by atoms with E-state index in [1.165, 1.54) is 5.56 Å². The van der Waals surface area contributed by atoms with E-state index < -0.39 is 0 Å². The second-order valence-corrected chi connectivity index (χ2v) is 4.48. The summed E-state index contributed by atoms with van der Waals surface area (Å²) in [6, 6.07) is 15.9. The highest BCUT2D eigenvalue weighted by molar-refractivity contribution is 9.09. The summed E-state index contributed by atoms with van der Waals surface area (Å²) >= 11 is 3.23. The monoisotopic (exact) mass is 288 g/mol. The lowest BCUT2D eigenvalue weighted by molar-refractivity contribution is 0.102. The van der Waals surface area contributed by atoms with Crippen LogP contribution in [0.3, 0.4) is 0 Å². The molecule has 2 aromatic rings. The van der Waals surface area contributed by atoms with Crippen LogP contribution in [-0.4, -0.2) is 11.1 Å². The molecule has 0 unspecified atom stereocenters. The largest absolute Gasteiger partial charge is 0.293 e. The smallest absolute Gasteiger partial charge is 0.173 e.